The van der Waals surface area contributed by atoms with Crippen LogP contribution in [-0.4, -0.2) is 19.6 Å². The molecule has 88 valence electrons. The lowest BCUT2D eigenvalue weighted by Gasteiger charge is -2.09. The number of halogens is 1. The molecule has 1 amide bonds. The van der Waals surface area contributed by atoms with Crippen molar-refractivity contribution in [3.63, 3.8) is 0 Å². The molecular weight excluding hydrogens is 211 g/mol. The number of nitrogens with one attached hydrogen (secondary N) is 1. The first-order chi connectivity index (χ1) is 7.54. The number of ether oxygens (including phenoxy) is 1. The van der Waals surface area contributed by atoms with Crippen LogP contribution in [0, 0.1) is 12.7 Å². The van der Waals surface area contributed by atoms with Crippen molar-refractivity contribution < 1.29 is 13.9 Å². The second kappa shape index (κ2) is 5.34. The highest BCUT2D eigenvalue weighted by atomic mass is 19.1. The first kappa shape index (κ1) is 12.3. The first-order valence-corrected chi connectivity index (χ1v) is 4.93. The van der Waals surface area contributed by atoms with Crippen LogP contribution in [0.25, 0.3) is 0 Å². The molecule has 0 spiro atoms. The van der Waals surface area contributed by atoms with Crippen molar-refractivity contribution in [1.82, 2.24) is 5.32 Å². The number of carbonyl (C=O) groups is 1. The Hall–Kier alpha value is -1.78. The molecule has 1 aromatic rings. The summed E-state index contributed by atoms with van der Waals surface area (Å²) >= 11 is 0. The number of carbonyl (C=O) groups excluding carboxylic acids is 1. The zero-order chi connectivity index (χ0) is 12.1. The van der Waals surface area contributed by atoms with E-state index in [1.807, 2.05) is 0 Å². The summed E-state index contributed by atoms with van der Waals surface area (Å²) in [6.07, 6.45) is 0.194. The molecule has 0 aliphatic carbocycles. The molecule has 3 N–H and O–H groups in total. The lowest BCUT2D eigenvalue weighted by molar-refractivity contribution is -0.121. The lowest BCUT2D eigenvalue weighted by Crippen LogP contribution is -2.20. The van der Waals surface area contributed by atoms with Gasteiger partial charge in [-0.05, 0) is 18.6 Å². The molecule has 16 heavy (non-hydrogen) atoms. The third-order valence-corrected chi connectivity index (χ3v) is 2.19. The van der Waals surface area contributed by atoms with Crippen molar-refractivity contribution >= 4 is 11.6 Å². The fourth-order valence-corrected chi connectivity index (χ4v) is 1.16. The van der Waals surface area contributed by atoms with Gasteiger partial charge in [-0.25, -0.2) is 4.39 Å². The van der Waals surface area contributed by atoms with Gasteiger partial charge in [0.2, 0.25) is 5.91 Å². The highest BCUT2D eigenvalue weighted by molar-refractivity contribution is 5.75. The Balaban J connectivity index is 2.60. The molecule has 0 heterocycles. The third-order valence-electron chi connectivity index (χ3n) is 2.19. The third kappa shape index (κ3) is 3.12. The van der Waals surface area contributed by atoms with Gasteiger partial charge in [-0.15, -0.1) is 0 Å². The summed E-state index contributed by atoms with van der Waals surface area (Å²) < 4.78 is 18.5. The average Bonchev–Trinajstić information content (AvgIpc) is 2.25. The molecule has 0 aliphatic rings. The molecule has 0 bridgehead atoms. The summed E-state index contributed by atoms with van der Waals surface area (Å²) in [5.74, 6) is -0.539. The van der Waals surface area contributed by atoms with Crippen molar-refractivity contribution in [3.05, 3.63) is 23.5 Å². The van der Waals surface area contributed by atoms with E-state index in [1.165, 1.54) is 19.2 Å². The fourth-order valence-electron chi connectivity index (χ4n) is 1.16. The van der Waals surface area contributed by atoms with Crippen LogP contribution in [0.15, 0.2) is 12.1 Å². The van der Waals surface area contributed by atoms with Crippen molar-refractivity contribution in [2.45, 2.75) is 13.3 Å². The minimum atomic E-state index is -0.514. The van der Waals surface area contributed by atoms with Crippen LogP contribution in [0.5, 0.6) is 5.75 Å². The molecule has 0 radical (unpaired) electrons. The zero-order valence-corrected chi connectivity index (χ0v) is 9.34. The van der Waals surface area contributed by atoms with Gasteiger partial charge < -0.3 is 15.8 Å². The van der Waals surface area contributed by atoms with E-state index < -0.39 is 5.82 Å². The van der Waals surface area contributed by atoms with Crippen LogP contribution in [0.3, 0.4) is 0 Å². The number of nitrogen functional groups attached to an aromatic ring is 1. The van der Waals surface area contributed by atoms with Gasteiger partial charge in [0.05, 0.1) is 13.0 Å². The van der Waals surface area contributed by atoms with Crippen LogP contribution in [-0.2, 0) is 4.79 Å². The normalized spacial score (nSPS) is 9.94. The van der Waals surface area contributed by atoms with Gasteiger partial charge in [-0.2, -0.15) is 0 Å². The van der Waals surface area contributed by atoms with Crippen LogP contribution in [0.4, 0.5) is 10.1 Å². The topological polar surface area (TPSA) is 64.3 Å². The summed E-state index contributed by atoms with van der Waals surface area (Å²) in [5, 5.41) is 2.45. The fraction of sp³-hybridized carbons (Fsp3) is 0.364. The van der Waals surface area contributed by atoms with E-state index in [-0.39, 0.29) is 24.7 Å². The Morgan fingerprint density at radius 1 is 1.56 bits per heavy atom. The highest BCUT2D eigenvalue weighted by Gasteiger charge is 2.07. The maximum absolute atomic E-state index is 13.3. The van der Waals surface area contributed by atoms with Crippen LogP contribution in [0.1, 0.15) is 12.0 Å². The number of aryl methyl sites for hydroxylation is 1. The SMILES string of the molecule is CNC(=O)CCOc1cc(C)c(N)cc1F. The van der Waals surface area contributed by atoms with Crippen LogP contribution >= 0.6 is 0 Å². The van der Waals surface area contributed by atoms with Crippen molar-refractivity contribution in [2.75, 3.05) is 19.4 Å². The molecule has 0 fully saturated rings. The largest absolute Gasteiger partial charge is 0.490 e. The van der Waals surface area contributed by atoms with Gasteiger partial charge >= 0.3 is 0 Å². The van der Waals surface area contributed by atoms with Crippen molar-refractivity contribution in [2.24, 2.45) is 0 Å². The van der Waals surface area contributed by atoms with E-state index in [9.17, 15) is 9.18 Å². The Labute approximate surface area is 93.6 Å². The molecule has 0 saturated heterocycles. The Kier molecular flexibility index (Phi) is 4.10. The molecule has 0 aliphatic heterocycles. The summed E-state index contributed by atoms with van der Waals surface area (Å²) in [5.41, 5.74) is 6.66. The quantitative estimate of drug-likeness (QED) is 0.759. The van der Waals surface area contributed by atoms with Crippen molar-refractivity contribution in [3.8, 4) is 5.75 Å². The first-order valence-electron chi connectivity index (χ1n) is 4.93. The van der Waals surface area contributed by atoms with E-state index in [0.717, 1.165) is 5.56 Å². The molecule has 1 rings (SSSR count). The molecule has 0 saturated carbocycles. The number of benzene rings is 1. The number of nitrogens with two attached hydrogens (primary N) is 1. The summed E-state index contributed by atoms with van der Waals surface area (Å²) in [6, 6.07) is 2.74. The van der Waals surface area contributed by atoms with Gasteiger partial charge in [0.15, 0.2) is 11.6 Å². The van der Waals surface area contributed by atoms with Gasteiger partial charge in [-0.1, -0.05) is 0 Å². The summed E-state index contributed by atoms with van der Waals surface area (Å²) in [6.45, 7) is 1.90. The zero-order valence-electron chi connectivity index (χ0n) is 9.34. The molecular formula is C11H15FN2O2. The summed E-state index contributed by atoms with van der Waals surface area (Å²) in [4.78, 5) is 10.9. The second-order valence-electron chi connectivity index (χ2n) is 3.41. The smallest absolute Gasteiger partial charge is 0.223 e. The van der Waals surface area contributed by atoms with E-state index in [4.69, 9.17) is 10.5 Å². The van der Waals surface area contributed by atoms with Gasteiger partial charge in [0.1, 0.15) is 0 Å². The Morgan fingerprint density at radius 2 is 2.25 bits per heavy atom. The Bertz CT molecular complexity index is 394. The van der Waals surface area contributed by atoms with Gasteiger partial charge in [-0.3, -0.25) is 4.79 Å². The molecule has 1 aromatic carbocycles. The second-order valence-corrected chi connectivity index (χ2v) is 3.41. The van der Waals surface area contributed by atoms with Crippen LogP contribution < -0.4 is 15.8 Å². The van der Waals surface area contributed by atoms with Gasteiger partial charge in [0.25, 0.3) is 0 Å². The van der Waals surface area contributed by atoms with Crippen LogP contribution in [0.2, 0.25) is 0 Å². The minimum absolute atomic E-state index is 0.121. The number of hydrogen-bond donors (Lipinski definition) is 2. The molecule has 4 nitrogen and oxygen atoms in total. The van der Waals surface area contributed by atoms with Gasteiger partial charge in [0, 0.05) is 18.8 Å². The van der Waals surface area contributed by atoms with Crippen molar-refractivity contribution in [1.29, 1.82) is 0 Å². The molecule has 0 aromatic heterocycles. The number of rotatable bonds is 4. The van der Waals surface area contributed by atoms with E-state index in [1.54, 1.807) is 6.92 Å². The molecule has 0 atom stereocenters. The molecule has 5 heteroatoms. The van der Waals surface area contributed by atoms with E-state index in [2.05, 4.69) is 5.32 Å². The van der Waals surface area contributed by atoms with E-state index >= 15 is 0 Å². The maximum Gasteiger partial charge on any atom is 0.223 e. The predicted molar refractivity (Wildman–Crippen MR) is 59.7 cm³/mol. The van der Waals surface area contributed by atoms with E-state index in [0.29, 0.717) is 5.69 Å². The Morgan fingerprint density at radius 3 is 2.88 bits per heavy atom. The standard InChI is InChI=1S/C11H15FN2O2/c1-7-5-10(8(12)6-9(7)13)16-4-3-11(15)14-2/h5-6H,3-4,13H2,1-2H3,(H,14,15). The number of amides is 1. The predicted octanol–water partition coefficient (Wildman–Crippen LogP) is 1.23. The molecule has 0 unspecified atom stereocenters. The number of hydrogen-bond acceptors (Lipinski definition) is 3. The average molecular weight is 226 g/mol. The lowest BCUT2D eigenvalue weighted by atomic mass is 10.2. The summed E-state index contributed by atoms with van der Waals surface area (Å²) in [7, 11) is 1.54. The minimum Gasteiger partial charge on any atom is -0.490 e. The number of anilines is 1. The highest BCUT2D eigenvalue weighted by Crippen LogP contribution is 2.23. The maximum atomic E-state index is 13.3. The monoisotopic (exact) mass is 226 g/mol.